The summed E-state index contributed by atoms with van der Waals surface area (Å²) < 4.78 is 10.5. The van der Waals surface area contributed by atoms with Crippen LogP contribution < -0.4 is 5.32 Å². The lowest BCUT2D eigenvalue weighted by Crippen LogP contribution is -2.41. The van der Waals surface area contributed by atoms with Crippen molar-refractivity contribution in [1.29, 1.82) is 0 Å². The Labute approximate surface area is 110 Å². The van der Waals surface area contributed by atoms with Crippen molar-refractivity contribution in [3.8, 4) is 0 Å². The number of ether oxygens (including phenoxy) is 2. The van der Waals surface area contributed by atoms with Gasteiger partial charge in [0.2, 0.25) is 0 Å². The van der Waals surface area contributed by atoms with Crippen molar-refractivity contribution in [2.45, 2.75) is 45.8 Å². The minimum absolute atomic E-state index is 0.00881. The third-order valence-corrected chi connectivity index (χ3v) is 3.33. The topological polar surface area (TPSA) is 33.8 Å². The molecule has 1 heterocycles. The molecule has 0 bridgehead atoms. The van der Waals surface area contributed by atoms with E-state index in [1.807, 2.05) is 0 Å². The third-order valence-electron chi connectivity index (χ3n) is 3.33. The van der Waals surface area contributed by atoms with Crippen molar-refractivity contribution < 1.29 is 9.47 Å². The lowest BCUT2D eigenvalue weighted by Gasteiger charge is -2.23. The van der Waals surface area contributed by atoms with E-state index in [0.29, 0.717) is 0 Å². The zero-order chi connectivity index (χ0) is 13.4. The van der Waals surface area contributed by atoms with E-state index in [2.05, 4.69) is 63.4 Å². The number of hydrogen-bond donors (Lipinski definition) is 1. The van der Waals surface area contributed by atoms with Gasteiger partial charge in [0, 0.05) is 7.11 Å². The monoisotopic (exact) mass is 249 g/mol. The number of epoxide rings is 1. The Morgan fingerprint density at radius 2 is 2.06 bits per heavy atom. The Morgan fingerprint density at radius 3 is 2.61 bits per heavy atom. The average Bonchev–Trinajstić information content (AvgIpc) is 3.01. The van der Waals surface area contributed by atoms with Gasteiger partial charge in [0.15, 0.2) is 12.5 Å². The van der Waals surface area contributed by atoms with Gasteiger partial charge in [-0.2, -0.15) is 0 Å². The molecule has 1 fully saturated rings. The first-order valence-electron chi connectivity index (χ1n) is 6.39. The lowest BCUT2D eigenvalue weighted by molar-refractivity contribution is 0.0950. The highest BCUT2D eigenvalue weighted by Crippen LogP contribution is 2.30. The molecule has 0 aromatic rings. The molecular weight excluding hydrogens is 226 g/mol. The maximum absolute atomic E-state index is 5.35. The minimum atomic E-state index is -0.193. The maximum Gasteiger partial charge on any atom is 0.199 e. The van der Waals surface area contributed by atoms with Gasteiger partial charge in [-0.15, -0.1) is 0 Å². The molecule has 1 aliphatic heterocycles. The quantitative estimate of drug-likeness (QED) is 0.781. The second-order valence-electron chi connectivity index (χ2n) is 6.15. The maximum atomic E-state index is 5.35. The second-order valence-corrected chi connectivity index (χ2v) is 6.15. The van der Waals surface area contributed by atoms with Crippen LogP contribution in [0.1, 0.15) is 27.7 Å². The van der Waals surface area contributed by atoms with E-state index in [-0.39, 0.29) is 23.5 Å². The van der Waals surface area contributed by atoms with Gasteiger partial charge in [-0.1, -0.05) is 51.2 Å². The van der Waals surface area contributed by atoms with Gasteiger partial charge in [-0.05, 0) is 17.9 Å². The van der Waals surface area contributed by atoms with Crippen molar-refractivity contribution in [1.82, 2.24) is 5.32 Å². The van der Waals surface area contributed by atoms with Crippen LogP contribution in [-0.2, 0) is 9.47 Å². The highest BCUT2D eigenvalue weighted by Gasteiger charge is 2.42. The van der Waals surface area contributed by atoms with Crippen molar-refractivity contribution >= 4 is 0 Å². The van der Waals surface area contributed by atoms with Crippen LogP contribution in [0, 0.1) is 5.41 Å². The summed E-state index contributed by atoms with van der Waals surface area (Å²) in [5.41, 5.74) is 1.29. The van der Waals surface area contributed by atoms with Crippen LogP contribution in [0.5, 0.6) is 0 Å². The highest BCUT2D eigenvalue weighted by molar-refractivity contribution is 5.37. The normalized spacial score (nSPS) is 35.3. The van der Waals surface area contributed by atoms with E-state index in [1.54, 1.807) is 7.11 Å². The first kappa shape index (κ1) is 13.5. The Morgan fingerprint density at radius 1 is 1.33 bits per heavy atom. The van der Waals surface area contributed by atoms with Crippen LogP contribution in [0.2, 0.25) is 0 Å². The Hall–Kier alpha value is -0.900. The first-order chi connectivity index (χ1) is 8.34. The molecule has 2 rings (SSSR count). The van der Waals surface area contributed by atoms with Gasteiger partial charge >= 0.3 is 0 Å². The molecule has 18 heavy (non-hydrogen) atoms. The molecule has 1 N–H and O–H groups in total. The van der Waals surface area contributed by atoms with Gasteiger partial charge in [0.1, 0.15) is 0 Å². The fraction of sp³-hybridized carbons (Fsp3) is 0.600. The molecule has 1 saturated heterocycles. The first-order valence-corrected chi connectivity index (χ1v) is 6.39. The molecule has 1 aliphatic carbocycles. The van der Waals surface area contributed by atoms with E-state index in [1.165, 1.54) is 5.57 Å². The van der Waals surface area contributed by atoms with Crippen molar-refractivity contribution in [3.05, 3.63) is 36.0 Å². The van der Waals surface area contributed by atoms with E-state index in [0.717, 1.165) is 0 Å². The molecular formula is C15H23NO2. The summed E-state index contributed by atoms with van der Waals surface area (Å²) in [6.07, 6.45) is 10.7. The van der Waals surface area contributed by atoms with Gasteiger partial charge < -0.3 is 9.47 Å². The zero-order valence-corrected chi connectivity index (χ0v) is 11.9. The fourth-order valence-electron chi connectivity index (χ4n) is 2.01. The standard InChI is InChI=1S/C15H23NO2/c1-14(2,3)11-7-6-9-15(4,10-8-11)16-12-13(17-5)18-12/h6-10,12-13,16H,1-5H3. The van der Waals surface area contributed by atoms with Crippen LogP contribution in [-0.4, -0.2) is 25.2 Å². The summed E-state index contributed by atoms with van der Waals surface area (Å²) in [6, 6.07) is 0. The molecule has 100 valence electrons. The van der Waals surface area contributed by atoms with Gasteiger partial charge in [-0.25, -0.2) is 0 Å². The molecule has 0 aromatic heterocycles. The molecule has 0 amide bonds. The second kappa shape index (κ2) is 4.65. The Kier molecular flexibility index (Phi) is 3.49. The van der Waals surface area contributed by atoms with Gasteiger partial charge in [0.05, 0.1) is 5.54 Å². The predicted octanol–water partition coefficient (Wildman–Crippen LogP) is 2.76. The summed E-state index contributed by atoms with van der Waals surface area (Å²) in [6.45, 7) is 8.79. The number of nitrogens with one attached hydrogen (secondary N) is 1. The number of allylic oxidation sites excluding steroid dienone is 4. The highest BCUT2D eigenvalue weighted by atomic mass is 16.8. The smallest absolute Gasteiger partial charge is 0.199 e. The minimum Gasteiger partial charge on any atom is -0.352 e. The van der Waals surface area contributed by atoms with E-state index >= 15 is 0 Å². The lowest BCUT2D eigenvalue weighted by atomic mass is 9.86. The van der Waals surface area contributed by atoms with Gasteiger partial charge in [0.25, 0.3) is 0 Å². The molecule has 2 aliphatic rings. The van der Waals surface area contributed by atoms with E-state index in [4.69, 9.17) is 9.47 Å². The van der Waals surface area contributed by atoms with Crippen LogP contribution in [0.4, 0.5) is 0 Å². The van der Waals surface area contributed by atoms with Crippen molar-refractivity contribution in [2.24, 2.45) is 5.41 Å². The summed E-state index contributed by atoms with van der Waals surface area (Å²) >= 11 is 0. The average molecular weight is 249 g/mol. The van der Waals surface area contributed by atoms with Crippen molar-refractivity contribution in [2.75, 3.05) is 7.11 Å². The van der Waals surface area contributed by atoms with Crippen LogP contribution in [0.15, 0.2) is 36.0 Å². The molecule has 0 saturated carbocycles. The van der Waals surface area contributed by atoms with Gasteiger partial charge in [-0.3, -0.25) is 5.32 Å². The Balaban J connectivity index is 2.05. The SMILES string of the molecule is COC1OC1NC1(C)C=CC=C(C(C)(C)C)C=C1. The summed E-state index contributed by atoms with van der Waals surface area (Å²) in [4.78, 5) is 0. The van der Waals surface area contributed by atoms with Crippen molar-refractivity contribution in [3.63, 3.8) is 0 Å². The summed E-state index contributed by atoms with van der Waals surface area (Å²) in [7, 11) is 1.66. The predicted molar refractivity (Wildman–Crippen MR) is 73.0 cm³/mol. The fourth-order valence-corrected chi connectivity index (χ4v) is 2.01. The number of methoxy groups -OCH3 is 1. The van der Waals surface area contributed by atoms with E-state index < -0.39 is 0 Å². The van der Waals surface area contributed by atoms with E-state index in [9.17, 15) is 0 Å². The third kappa shape index (κ3) is 3.10. The molecule has 3 atom stereocenters. The summed E-state index contributed by atoms with van der Waals surface area (Å²) in [5, 5.41) is 3.43. The largest absolute Gasteiger partial charge is 0.352 e. The van der Waals surface area contributed by atoms with Crippen LogP contribution in [0.25, 0.3) is 0 Å². The zero-order valence-electron chi connectivity index (χ0n) is 11.9. The Bertz CT molecular complexity index is 403. The summed E-state index contributed by atoms with van der Waals surface area (Å²) in [5.74, 6) is 0. The molecule has 0 radical (unpaired) electrons. The van der Waals surface area contributed by atoms with Crippen LogP contribution in [0.3, 0.4) is 0 Å². The molecule has 3 unspecified atom stereocenters. The molecule has 0 spiro atoms. The molecule has 3 heteroatoms. The van der Waals surface area contributed by atoms with Crippen LogP contribution >= 0.6 is 0 Å². The molecule has 0 aromatic carbocycles. The number of rotatable bonds is 3. The molecule has 3 nitrogen and oxygen atoms in total. The number of hydrogen-bond acceptors (Lipinski definition) is 3.